The zero-order valence-electron chi connectivity index (χ0n) is 22.3. The van der Waals surface area contributed by atoms with E-state index in [2.05, 4.69) is 15.5 Å². The summed E-state index contributed by atoms with van der Waals surface area (Å²) in [5.41, 5.74) is 8.84. The molecule has 0 bridgehead atoms. The van der Waals surface area contributed by atoms with Gasteiger partial charge in [-0.05, 0) is 66.6 Å². The zero-order valence-corrected chi connectivity index (χ0v) is 23.8. The van der Waals surface area contributed by atoms with Gasteiger partial charge in [0.2, 0.25) is 5.91 Å². The normalized spacial score (nSPS) is 27.9. The van der Waals surface area contributed by atoms with Crippen molar-refractivity contribution < 1.29 is 18.7 Å². The minimum Gasteiger partial charge on any atom is -0.465 e. The number of carbonyl (C=O) groups is 2. The van der Waals surface area contributed by atoms with Crippen molar-refractivity contribution in [3.05, 3.63) is 92.7 Å². The second kappa shape index (κ2) is 10.5. The molecule has 4 N–H and O–H groups in total. The van der Waals surface area contributed by atoms with Crippen molar-refractivity contribution in [3.63, 3.8) is 0 Å². The van der Waals surface area contributed by atoms with Gasteiger partial charge in [0, 0.05) is 52.5 Å². The van der Waals surface area contributed by atoms with Gasteiger partial charge in [-0.25, -0.2) is 9.18 Å². The fourth-order valence-electron chi connectivity index (χ4n) is 7.42. The molecule has 0 aromatic heterocycles. The Morgan fingerprint density at radius 2 is 1.93 bits per heavy atom. The molecule has 5 atom stereocenters. The van der Waals surface area contributed by atoms with E-state index in [1.165, 1.54) is 13.2 Å². The van der Waals surface area contributed by atoms with E-state index in [-0.39, 0.29) is 36.5 Å². The molecule has 7 nitrogen and oxygen atoms in total. The van der Waals surface area contributed by atoms with Gasteiger partial charge in [0.05, 0.1) is 17.7 Å². The summed E-state index contributed by atoms with van der Waals surface area (Å²) in [4.78, 5) is 28.7. The van der Waals surface area contributed by atoms with Gasteiger partial charge in [0.25, 0.3) is 0 Å². The lowest BCUT2D eigenvalue weighted by molar-refractivity contribution is -0.128. The van der Waals surface area contributed by atoms with E-state index in [4.69, 9.17) is 33.7 Å². The summed E-state index contributed by atoms with van der Waals surface area (Å²) in [6, 6.07) is 15.0. The molecule has 3 fully saturated rings. The Labute approximate surface area is 254 Å². The standard InChI is InChI=1S/C31H29Cl2FN4O3.CH4/c1-41-29(39)16-7-9-18(22(35)11-16)23-13-25-28(36-23)26(19-3-2-4-21(33)27(19)34)31(38(25)14-15-5-6-15)20-10-8-17(32)12-24(20)37-30(31)40;/h2-4,7-12,15,23,25-26,28,36H,5-6,13-14,35H2,1H3,(H,37,40);1H4/t23?,25-,26-,28+,31+;/m0./s1. The van der Waals surface area contributed by atoms with Crippen molar-refractivity contribution in [2.75, 3.05) is 24.7 Å². The van der Waals surface area contributed by atoms with Crippen LogP contribution in [0.2, 0.25) is 10.0 Å². The Kier molecular flexibility index (Phi) is 7.25. The molecule has 2 saturated heterocycles. The van der Waals surface area contributed by atoms with Crippen LogP contribution in [0.3, 0.4) is 0 Å². The quantitative estimate of drug-likeness (QED) is 0.233. The molecule has 3 aromatic rings. The van der Waals surface area contributed by atoms with E-state index in [0.717, 1.165) is 24.0 Å². The Hall–Kier alpha value is -3.17. The SMILES string of the molecule is C.COC(=O)c1ccc(C2C[C@H]3[C@@H](N2)[C@H](c2cccc(Cl)c2F)[C@]2(C(=O)Nc4cc(Cl)ccc42)N3CC2CC2)c(N)c1. The molecule has 1 unspecified atom stereocenters. The van der Waals surface area contributed by atoms with Gasteiger partial charge >= 0.3 is 5.97 Å². The third-order valence-electron chi connectivity index (χ3n) is 9.29. The lowest BCUT2D eigenvalue weighted by Crippen LogP contribution is -2.53. The third kappa shape index (κ3) is 4.22. The molecule has 7 rings (SSSR count). The number of hydrogen-bond acceptors (Lipinski definition) is 6. The number of nitrogen functional groups attached to an aromatic ring is 1. The van der Waals surface area contributed by atoms with E-state index >= 15 is 4.39 Å². The van der Waals surface area contributed by atoms with Crippen LogP contribution in [0.1, 0.15) is 65.7 Å². The molecule has 10 heteroatoms. The number of carbonyl (C=O) groups excluding carboxylic acids is 2. The van der Waals surface area contributed by atoms with E-state index in [1.54, 1.807) is 36.4 Å². The minimum absolute atomic E-state index is 0. The van der Waals surface area contributed by atoms with Crippen molar-refractivity contribution >= 4 is 46.5 Å². The van der Waals surface area contributed by atoms with E-state index in [0.29, 0.717) is 46.4 Å². The average molecular weight is 612 g/mol. The summed E-state index contributed by atoms with van der Waals surface area (Å²) in [5.74, 6) is -1.29. The number of rotatable bonds is 5. The second-order valence-electron chi connectivity index (χ2n) is 11.5. The number of nitrogens with two attached hydrogens (primary N) is 1. The second-order valence-corrected chi connectivity index (χ2v) is 12.4. The largest absolute Gasteiger partial charge is 0.465 e. The molecule has 3 aromatic carbocycles. The van der Waals surface area contributed by atoms with Crippen molar-refractivity contribution in [2.45, 2.75) is 56.3 Å². The highest BCUT2D eigenvalue weighted by Gasteiger charge is 2.69. The highest BCUT2D eigenvalue weighted by molar-refractivity contribution is 6.31. The number of likely N-dealkylation sites (tertiary alicyclic amines) is 1. The number of nitrogens with one attached hydrogen (secondary N) is 2. The maximum absolute atomic E-state index is 16.0. The maximum Gasteiger partial charge on any atom is 0.337 e. The smallest absolute Gasteiger partial charge is 0.337 e. The first kappa shape index (κ1) is 28.9. The van der Waals surface area contributed by atoms with E-state index in [1.807, 2.05) is 12.1 Å². The van der Waals surface area contributed by atoms with E-state index < -0.39 is 23.2 Å². The lowest BCUT2D eigenvalue weighted by atomic mass is 9.73. The van der Waals surface area contributed by atoms with Gasteiger partial charge < -0.3 is 21.1 Å². The predicted octanol–water partition coefficient (Wildman–Crippen LogP) is 6.27. The first-order valence-corrected chi connectivity index (χ1v) is 14.6. The van der Waals surface area contributed by atoms with Crippen LogP contribution in [0.15, 0.2) is 54.6 Å². The Morgan fingerprint density at radius 1 is 1.14 bits per heavy atom. The molecular formula is C32H33Cl2FN4O3. The first-order valence-electron chi connectivity index (χ1n) is 13.8. The Morgan fingerprint density at radius 3 is 2.64 bits per heavy atom. The number of nitrogens with zero attached hydrogens (tertiary/aromatic N) is 1. The van der Waals surface area contributed by atoms with Crippen LogP contribution < -0.4 is 16.4 Å². The van der Waals surface area contributed by atoms with Crippen molar-refractivity contribution in [1.82, 2.24) is 10.2 Å². The van der Waals surface area contributed by atoms with Crippen molar-refractivity contribution in [1.29, 1.82) is 0 Å². The van der Waals surface area contributed by atoms with E-state index in [9.17, 15) is 9.59 Å². The van der Waals surface area contributed by atoms with Gasteiger partial charge in [-0.3, -0.25) is 9.69 Å². The number of hydrogen-bond donors (Lipinski definition) is 3. The molecule has 3 aliphatic heterocycles. The number of methoxy groups -OCH3 is 1. The number of amides is 1. The van der Waals surface area contributed by atoms with Crippen LogP contribution in [-0.2, 0) is 15.1 Å². The lowest BCUT2D eigenvalue weighted by Gasteiger charge is -2.41. The molecule has 1 saturated carbocycles. The molecule has 4 aliphatic rings. The van der Waals surface area contributed by atoms with Gasteiger partial charge in [0.1, 0.15) is 11.4 Å². The van der Waals surface area contributed by atoms with Crippen molar-refractivity contribution in [3.8, 4) is 0 Å². The Balaban J connectivity index is 0.00000316. The summed E-state index contributed by atoms with van der Waals surface area (Å²) < 4.78 is 20.8. The van der Waals surface area contributed by atoms with Crippen molar-refractivity contribution in [2.24, 2.45) is 5.92 Å². The number of fused-ring (bicyclic) bond motifs is 3. The summed E-state index contributed by atoms with van der Waals surface area (Å²) in [7, 11) is 1.33. The van der Waals surface area contributed by atoms with Gasteiger partial charge in [-0.15, -0.1) is 0 Å². The number of ether oxygens (including phenoxy) is 1. The first-order chi connectivity index (χ1) is 19.7. The van der Waals surface area contributed by atoms with Crippen LogP contribution in [0.4, 0.5) is 15.8 Å². The van der Waals surface area contributed by atoms with Crippen LogP contribution >= 0.6 is 23.2 Å². The molecular weight excluding hydrogens is 578 g/mol. The minimum atomic E-state index is -1.15. The fourth-order valence-corrected chi connectivity index (χ4v) is 7.77. The van der Waals surface area contributed by atoms with Crippen LogP contribution in [-0.4, -0.2) is 42.5 Å². The molecule has 1 spiro atoms. The molecule has 220 valence electrons. The number of benzene rings is 3. The number of halogens is 3. The summed E-state index contributed by atoms with van der Waals surface area (Å²) >= 11 is 12.7. The van der Waals surface area contributed by atoms with Gasteiger partial charge in [-0.1, -0.05) is 54.9 Å². The third-order valence-corrected chi connectivity index (χ3v) is 9.81. The molecule has 1 aliphatic carbocycles. The van der Waals surface area contributed by atoms with Gasteiger partial charge in [0.15, 0.2) is 0 Å². The number of esters is 1. The fraction of sp³-hybridized carbons (Fsp3) is 0.375. The summed E-state index contributed by atoms with van der Waals surface area (Å²) in [5, 5.41) is 7.36. The van der Waals surface area contributed by atoms with Crippen LogP contribution in [0.5, 0.6) is 0 Å². The highest BCUT2D eigenvalue weighted by Crippen LogP contribution is 2.61. The molecule has 0 radical (unpaired) electrons. The molecule has 42 heavy (non-hydrogen) atoms. The number of anilines is 2. The summed E-state index contributed by atoms with van der Waals surface area (Å²) in [6.07, 6.45) is 2.83. The highest BCUT2D eigenvalue weighted by atomic mass is 35.5. The Bertz CT molecular complexity index is 1600. The van der Waals surface area contributed by atoms with Gasteiger partial charge in [-0.2, -0.15) is 0 Å². The average Bonchev–Trinajstić information content (AvgIpc) is 3.52. The van der Waals surface area contributed by atoms with Crippen LogP contribution in [0.25, 0.3) is 0 Å². The monoisotopic (exact) mass is 610 g/mol. The topological polar surface area (TPSA) is 96.7 Å². The van der Waals surface area contributed by atoms with Crippen LogP contribution in [0, 0.1) is 11.7 Å². The molecule has 1 amide bonds. The molecule has 3 heterocycles. The predicted molar refractivity (Wildman–Crippen MR) is 162 cm³/mol. The summed E-state index contributed by atoms with van der Waals surface area (Å²) in [6.45, 7) is 0.709. The maximum atomic E-state index is 16.0. The zero-order chi connectivity index (χ0) is 28.6.